The number of imidazole rings is 1. The molecule has 0 spiro atoms. The highest BCUT2D eigenvalue weighted by atomic mass is 16.9. The summed E-state index contributed by atoms with van der Waals surface area (Å²) in [6, 6.07) is 0. The Kier molecular flexibility index (Phi) is 5.28. The van der Waals surface area contributed by atoms with Crippen molar-refractivity contribution < 1.29 is 19.8 Å². The molecule has 2 heterocycles. The summed E-state index contributed by atoms with van der Waals surface area (Å²) in [7, 11) is 1.97. The first kappa shape index (κ1) is 14.9. The number of aromatic nitrogens is 2. The molecule has 0 aromatic carbocycles. The maximum atomic E-state index is 11.4. The monoisotopic (exact) mass is 271 g/mol. The van der Waals surface area contributed by atoms with Gasteiger partial charge in [0.05, 0.1) is 18.9 Å². The fraction of sp³-hybridized carbons (Fsp3) is 0.636. The van der Waals surface area contributed by atoms with Crippen LogP contribution in [0.15, 0.2) is 12.5 Å². The van der Waals surface area contributed by atoms with Gasteiger partial charge in [-0.15, -0.1) is 10.1 Å². The van der Waals surface area contributed by atoms with Crippen LogP contribution in [0.4, 0.5) is 0 Å². The number of ether oxygens (including phenoxy) is 1. The van der Waals surface area contributed by atoms with E-state index in [0.717, 1.165) is 18.5 Å². The summed E-state index contributed by atoms with van der Waals surface area (Å²) in [5.41, 5.74) is 1.16. The molecule has 2 atom stereocenters. The molecule has 1 aromatic rings. The number of hydrogen-bond donors (Lipinski definition) is 1. The molecule has 1 N–H and O–H groups in total. The lowest BCUT2D eigenvalue weighted by atomic mass is 9.89. The van der Waals surface area contributed by atoms with E-state index in [1.165, 1.54) is 0 Å². The first-order chi connectivity index (χ1) is 8.95. The smallest absolute Gasteiger partial charge is 0.309 e. The van der Waals surface area contributed by atoms with Crippen LogP contribution in [0.5, 0.6) is 0 Å². The van der Waals surface area contributed by atoms with E-state index in [-0.39, 0.29) is 11.9 Å². The maximum absolute atomic E-state index is 11.4. The van der Waals surface area contributed by atoms with Crippen LogP contribution in [0.1, 0.15) is 19.0 Å². The molecule has 19 heavy (non-hydrogen) atoms. The number of carbonyl (C=O) groups excluding carboxylic acids is 1. The van der Waals surface area contributed by atoms with Gasteiger partial charge in [0.1, 0.15) is 0 Å². The number of esters is 1. The van der Waals surface area contributed by atoms with Gasteiger partial charge in [0.15, 0.2) is 0 Å². The first-order valence-corrected chi connectivity index (χ1v) is 5.90. The van der Waals surface area contributed by atoms with E-state index in [9.17, 15) is 4.79 Å². The summed E-state index contributed by atoms with van der Waals surface area (Å²) >= 11 is 0. The average Bonchev–Trinajstić information content (AvgIpc) is 2.86. The number of carbonyl (C=O) groups is 1. The van der Waals surface area contributed by atoms with Gasteiger partial charge in [-0.3, -0.25) is 4.79 Å². The zero-order valence-electron chi connectivity index (χ0n) is 10.9. The van der Waals surface area contributed by atoms with E-state index in [1.54, 1.807) is 6.33 Å². The largest absolute Gasteiger partial charge is 0.465 e. The van der Waals surface area contributed by atoms with E-state index in [0.29, 0.717) is 12.5 Å². The molecule has 1 saturated heterocycles. The fourth-order valence-electron chi connectivity index (χ4n) is 2.16. The van der Waals surface area contributed by atoms with Gasteiger partial charge in [-0.05, 0) is 12.8 Å². The molecule has 0 saturated carbocycles. The number of cyclic esters (lactones) is 1. The number of nitrogens with zero attached hydrogens (tertiary/aromatic N) is 3. The third kappa shape index (κ3) is 4.23. The minimum absolute atomic E-state index is 0.0373. The highest BCUT2D eigenvalue weighted by molar-refractivity contribution is 5.74. The second kappa shape index (κ2) is 6.72. The van der Waals surface area contributed by atoms with E-state index in [1.807, 2.05) is 24.7 Å². The Morgan fingerprint density at radius 2 is 2.32 bits per heavy atom. The molecule has 1 aliphatic rings. The summed E-state index contributed by atoms with van der Waals surface area (Å²) < 4.78 is 7.08. The lowest BCUT2D eigenvalue weighted by molar-refractivity contribution is -0.742. The second-order valence-electron chi connectivity index (χ2n) is 4.34. The standard InChI is InChI=1S/C11H16N2O2.HNO3/c1-3-10-8(6-15-11(10)14)4-9-5-12-7-13(9)2;2-1(3)4/h5,7-8,10H,3-4,6H2,1-2H3;(H,2,3,4). The normalized spacial score (nSPS) is 21.5. The van der Waals surface area contributed by atoms with Crippen LogP contribution in [0.2, 0.25) is 0 Å². The molecule has 8 nitrogen and oxygen atoms in total. The van der Waals surface area contributed by atoms with Gasteiger partial charge in [0, 0.05) is 24.9 Å². The zero-order chi connectivity index (χ0) is 14.4. The van der Waals surface area contributed by atoms with Gasteiger partial charge < -0.3 is 14.5 Å². The molecule has 2 rings (SSSR count). The molecule has 0 amide bonds. The highest BCUT2D eigenvalue weighted by Crippen LogP contribution is 2.27. The van der Waals surface area contributed by atoms with Gasteiger partial charge in [0.25, 0.3) is 5.09 Å². The Bertz CT molecular complexity index is 441. The van der Waals surface area contributed by atoms with Crippen molar-refractivity contribution in [1.29, 1.82) is 0 Å². The van der Waals surface area contributed by atoms with Crippen LogP contribution in [-0.4, -0.2) is 32.4 Å². The van der Waals surface area contributed by atoms with Gasteiger partial charge in [-0.25, -0.2) is 4.98 Å². The quantitative estimate of drug-likeness (QED) is 0.495. The molecule has 1 aliphatic heterocycles. The van der Waals surface area contributed by atoms with E-state index in [4.69, 9.17) is 20.1 Å². The number of aryl methyl sites for hydroxylation is 1. The van der Waals surface area contributed by atoms with Crippen molar-refractivity contribution in [3.05, 3.63) is 28.3 Å². The third-order valence-corrected chi connectivity index (χ3v) is 3.14. The summed E-state index contributed by atoms with van der Waals surface area (Å²) in [5.74, 6) is 0.350. The molecule has 8 heteroatoms. The zero-order valence-corrected chi connectivity index (χ0v) is 10.9. The van der Waals surface area contributed by atoms with Crippen LogP contribution >= 0.6 is 0 Å². The van der Waals surface area contributed by atoms with Gasteiger partial charge in [-0.2, -0.15) is 0 Å². The Morgan fingerprint density at radius 3 is 2.79 bits per heavy atom. The Balaban J connectivity index is 0.000000399. The fourth-order valence-corrected chi connectivity index (χ4v) is 2.16. The van der Waals surface area contributed by atoms with Crippen LogP contribution in [0, 0.1) is 22.0 Å². The SMILES string of the molecule is CCC1C(=O)OCC1Cc1cncn1C.O=[N+]([O-])O. The minimum atomic E-state index is -1.50. The van der Waals surface area contributed by atoms with E-state index in [2.05, 4.69) is 4.98 Å². The van der Waals surface area contributed by atoms with Crippen LogP contribution < -0.4 is 0 Å². The van der Waals surface area contributed by atoms with E-state index >= 15 is 0 Å². The molecule has 0 radical (unpaired) electrons. The summed E-state index contributed by atoms with van der Waals surface area (Å²) in [5, 5.41) is 13.6. The molecular weight excluding hydrogens is 254 g/mol. The van der Waals surface area contributed by atoms with Crippen molar-refractivity contribution in [2.45, 2.75) is 19.8 Å². The van der Waals surface area contributed by atoms with Gasteiger partial charge >= 0.3 is 5.97 Å². The van der Waals surface area contributed by atoms with Crippen molar-refractivity contribution in [2.24, 2.45) is 18.9 Å². The number of hydrogen-bond acceptors (Lipinski definition) is 5. The first-order valence-electron chi connectivity index (χ1n) is 5.90. The van der Waals surface area contributed by atoms with E-state index < -0.39 is 5.09 Å². The number of rotatable bonds is 3. The van der Waals surface area contributed by atoms with Crippen LogP contribution in [0.25, 0.3) is 0 Å². The summed E-state index contributed by atoms with van der Waals surface area (Å²) in [4.78, 5) is 23.8. The molecular formula is C11H17N3O5. The third-order valence-electron chi connectivity index (χ3n) is 3.14. The van der Waals surface area contributed by atoms with Crippen molar-refractivity contribution in [3.63, 3.8) is 0 Å². The van der Waals surface area contributed by atoms with Crippen molar-refractivity contribution in [3.8, 4) is 0 Å². The molecule has 0 bridgehead atoms. The highest BCUT2D eigenvalue weighted by Gasteiger charge is 2.35. The van der Waals surface area contributed by atoms with Crippen molar-refractivity contribution >= 4 is 5.97 Å². The molecule has 0 aliphatic carbocycles. The molecule has 1 aromatic heterocycles. The lowest BCUT2D eigenvalue weighted by Crippen LogP contribution is -2.18. The predicted molar refractivity (Wildman–Crippen MR) is 63.9 cm³/mol. The van der Waals surface area contributed by atoms with Crippen LogP contribution in [-0.2, 0) is 23.0 Å². The summed E-state index contributed by atoms with van der Waals surface area (Å²) in [6.07, 6.45) is 5.38. The Hall–Kier alpha value is -2.12. The Morgan fingerprint density at radius 1 is 1.68 bits per heavy atom. The van der Waals surface area contributed by atoms with Crippen molar-refractivity contribution in [2.75, 3.05) is 6.61 Å². The predicted octanol–water partition coefficient (Wildman–Crippen LogP) is 0.814. The molecule has 1 fully saturated rings. The van der Waals surface area contributed by atoms with Gasteiger partial charge in [-0.1, -0.05) is 6.92 Å². The molecule has 2 unspecified atom stereocenters. The van der Waals surface area contributed by atoms with Crippen molar-refractivity contribution in [1.82, 2.24) is 9.55 Å². The molecule has 106 valence electrons. The van der Waals surface area contributed by atoms with Crippen LogP contribution in [0.3, 0.4) is 0 Å². The Labute approximate surface area is 110 Å². The topological polar surface area (TPSA) is 107 Å². The minimum Gasteiger partial charge on any atom is -0.465 e. The maximum Gasteiger partial charge on any atom is 0.309 e. The average molecular weight is 271 g/mol. The van der Waals surface area contributed by atoms with Gasteiger partial charge in [0.2, 0.25) is 0 Å². The second-order valence-corrected chi connectivity index (χ2v) is 4.34. The summed E-state index contributed by atoms with van der Waals surface area (Å²) in [6.45, 7) is 2.59. The lowest BCUT2D eigenvalue weighted by Gasteiger charge is -2.12.